The first-order chi connectivity index (χ1) is 8.13. The van der Waals surface area contributed by atoms with E-state index in [0.717, 1.165) is 0 Å². The molecule has 0 saturated heterocycles. The van der Waals surface area contributed by atoms with E-state index in [9.17, 15) is 14.9 Å². The van der Waals surface area contributed by atoms with Crippen LogP contribution in [0.1, 0.15) is 10.4 Å². The van der Waals surface area contributed by atoms with Gasteiger partial charge in [0.25, 0.3) is 5.69 Å². The number of non-ortho nitro benzene ring substituents is 1. The highest BCUT2D eigenvalue weighted by Crippen LogP contribution is 2.21. The largest absolute Gasteiger partial charge is 0.298 e. The zero-order valence-corrected chi connectivity index (χ0v) is 9.99. The van der Waals surface area contributed by atoms with Crippen molar-refractivity contribution in [2.45, 2.75) is 0 Å². The molecule has 0 spiro atoms. The van der Waals surface area contributed by atoms with Gasteiger partial charge < -0.3 is 0 Å². The monoisotopic (exact) mass is 295 g/mol. The van der Waals surface area contributed by atoms with Gasteiger partial charge in [0.1, 0.15) is 4.60 Å². The summed E-state index contributed by atoms with van der Waals surface area (Å²) < 4.78 is 1.99. The van der Waals surface area contributed by atoms with Crippen LogP contribution in [0.2, 0.25) is 0 Å². The fraction of sp³-hybridized carbons (Fsp3) is 0. The number of hydrogen-bond donors (Lipinski definition) is 0. The first-order valence-corrected chi connectivity index (χ1v) is 5.36. The lowest BCUT2D eigenvalue weighted by Gasteiger charge is -2.02. The van der Waals surface area contributed by atoms with Crippen LogP contribution < -0.4 is 0 Å². The van der Waals surface area contributed by atoms with Gasteiger partial charge in [0, 0.05) is 12.1 Å². The van der Waals surface area contributed by atoms with E-state index >= 15 is 0 Å². The Morgan fingerprint density at radius 2 is 2.00 bits per heavy atom. The molecule has 0 N–H and O–H groups in total. The molecule has 0 unspecified atom stereocenters. The third-order valence-electron chi connectivity index (χ3n) is 2.17. The van der Waals surface area contributed by atoms with Crippen molar-refractivity contribution in [2.75, 3.05) is 0 Å². The second-order valence-corrected chi connectivity index (χ2v) is 3.95. The van der Waals surface area contributed by atoms with E-state index in [0.29, 0.717) is 22.1 Å². The third-order valence-corrected chi connectivity index (χ3v) is 2.96. The lowest BCUT2D eigenvalue weighted by molar-refractivity contribution is -0.384. The molecule has 2 rings (SSSR count). The molecular weight excluding hydrogens is 290 g/mol. The van der Waals surface area contributed by atoms with Gasteiger partial charge in [-0.05, 0) is 28.1 Å². The molecule has 17 heavy (non-hydrogen) atoms. The standard InChI is InChI=1S/C10H6BrN3O3/c11-10-7(6-15)5-12-13(10)8-1-3-9(4-2-8)14(16)17/h1-6H. The average molecular weight is 296 g/mol. The molecule has 0 bridgehead atoms. The van der Waals surface area contributed by atoms with Crippen molar-refractivity contribution in [1.29, 1.82) is 0 Å². The van der Waals surface area contributed by atoms with Crippen LogP contribution in [0.25, 0.3) is 5.69 Å². The van der Waals surface area contributed by atoms with Crippen molar-refractivity contribution in [2.24, 2.45) is 0 Å². The summed E-state index contributed by atoms with van der Waals surface area (Å²) in [4.78, 5) is 20.7. The second-order valence-electron chi connectivity index (χ2n) is 3.19. The summed E-state index contributed by atoms with van der Waals surface area (Å²) in [5, 5.41) is 14.5. The lowest BCUT2D eigenvalue weighted by Crippen LogP contribution is -1.97. The Balaban J connectivity index is 2.43. The van der Waals surface area contributed by atoms with Gasteiger partial charge in [-0.2, -0.15) is 5.10 Å². The Morgan fingerprint density at radius 3 is 2.47 bits per heavy atom. The zero-order chi connectivity index (χ0) is 12.4. The zero-order valence-electron chi connectivity index (χ0n) is 8.41. The number of carbonyl (C=O) groups excluding carboxylic acids is 1. The summed E-state index contributed by atoms with van der Waals surface area (Å²) in [6.07, 6.45) is 2.09. The summed E-state index contributed by atoms with van der Waals surface area (Å²) in [7, 11) is 0. The number of nitrogens with zero attached hydrogens (tertiary/aromatic N) is 3. The molecule has 0 atom stereocenters. The minimum absolute atomic E-state index is 0.00707. The minimum atomic E-state index is -0.473. The molecule has 86 valence electrons. The highest BCUT2D eigenvalue weighted by Gasteiger charge is 2.10. The predicted molar refractivity (Wildman–Crippen MR) is 63.3 cm³/mol. The number of hydrogen-bond acceptors (Lipinski definition) is 4. The average Bonchev–Trinajstić information content (AvgIpc) is 2.70. The van der Waals surface area contributed by atoms with Crippen molar-refractivity contribution in [3.63, 3.8) is 0 Å². The highest BCUT2D eigenvalue weighted by atomic mass is 79.9. The Kier molecular flexibility index (Phi) is 3.01. The van der Waals surface area contributed by atoms with Gasteiger partial charge in [0.2, 0.25) is 0 Å². The molecule has 0 fully saturated rings. The molecule has 1 heterocycles. The third kappa shape index (κ3) is 2.09. The van der Waals surface area contributed by atoms with E-state index in [1.54, 1.807) is 12.1 Å². The maximum Gasteiger partial charge on any atom is 0.269 e. The number of nitro groups is 1. The van der Waals surface area contributed by atoms with Crippen molar-refractivity contribution in [3.8, 4) is 5.69 Å². The predicted octanol–water partition coefficient (Wildman–Crippen LogP) is 2.36. The molecule has 0 aliphatic carbocycles. The van der Waals surface area contributed by atoms with Crippen molar-refractivity contribution < 1.29 is 9.72 Å². The van der Waals surface area contributed by atoms with Crippen LogP contribution in [0.4, 0.5) is 5.69 Å². The van der Waals surface area contributed by atoms with Crippen LogP contribution >= 0.6 is 15.9 Å². The quantitative estimate of drug-likeness (QED) is 0.495. The maximum absolute atomic E-state index is 10.6. The Hall–Kier alpha value is -2.02. The molecular formula is C10H6BrN3O3. The van der Waals surface area contributed by atoms with Gasteiger partial charge in [-0.25, -0.2) is 4.68 Å². The van der Waals surface area contributed by atoms with Gasteiger partial charge >= 0.3 is 0 Å². The Labute approximate surface area is 104 Å². The number of aromatic nitrogens is 2. The SMILES string of the molecule is O=Cc1cnn(-c2ccc([N+](=O)[O-])cc2)c1Br. The molecule has 1 aromatic carbocycles. The van der Waals surface area contributed by atoms with E-state index in [1.165, 1.54) is 23.0 Å². The van der Waals surface area contributed by atoms with E-state index < -0.39 is 4.92 Å². The molecule has 0 amide bonds. The Morgan fingerprint density at radius 1 is 1.35 bits per heavy atom. The second kappa shape index (κ2) is 4.46. The highest BCUT2D eigenvalue weighted by molar-refractivity contribution is 9.10. The van der Waals surface area contributed by atoms with Gasteiger partial charge in [-0.15, -0.1) is 0 Å². The van der Waals surface area contributed by atoms with E-state index in [2.05, 4.69) is 21.0 Å². The summed E-state index contributed by atoms with van der Waals surface area (Å²) in [5.41, 5.74) is 1.06. The van der Waals surface area contributed by atoms with E-state index in [-0.39, 0.29) is 5.69 Å². The number of aldehydes is 1. The summed E-state index contributed by atoms with van der Waals surface area (Å²) in [6.45, 7) is 0. The minimum Gasteiger partial charge on any atom is -0.298 e. The first-order valence-electron chi connectivity index (χ1n) is 4.57. The first kappa shape index (κ1) is 11.5. The van der Waals surface area contributed by atoms with Crippen LogP contribution in [0, 0.1) is 10.1 Å². The molecule has 7 heteroatoms. The summed E-state index contributed by atoms with van der Waals surface area (Å²) in [6, 6.07) is 5.88. The lowest BCUT2D eigenvalue weighted by atomic mass is 10.3. The van der Waals surface area contributed by atoms with Crippen LogP contribution in [0.5, 0.6) is 0 Å². The van der Waals surface area contributed by atoms with Gasteiger partial charge in [0.05, 0.1) is 22.4 Å². The van der Waals surface area contributed by atoms with Crippen molar-refractivity contribution in [3.05, 3.63) is 50.7 Å². The fourth-order valence-corrected chi connectivity index (χ4v) is 1.81. The van der Waals surface area contributed by atoms with Gasteiger partial charge in [-0.3, -0.25) is 14.9 Å². The van der Waals surface area contributed by atoms with Crippen LogP contribution in [-0.2, 0) is 0 Å². The molecule has 0 aliphatic heterocycles. The van der Waals surface area contributed by atoms with Gasteiger partial charge in [-0.1, -0.05) is 0 Å². The molecule has 0 aliphatic rings. The topological polar surface area (TPSA) is 78.0 Å². The van der Waals surface area contributed by atoms with E-state index in [1.807, 2.05) is 0 Å². The molecule has 6 nitrogen and oxygen atoms in total. The number of halogens is 1. The molecule has 2 aromatic rings. The van der Waals surface area contributed by atoms with Crippen LogP contribution in [0.3, 0.4) is 0 Å². The number of rotatable bonds is 3. The molecule has 0 radical (unpaired) electrons. The van der Waals surface area contributed by atoms with E-state index in [4.69, 9.17) is 0 Å². The number of nitro benzene ring substituents is 1. The maximum atomic E-state index is 10.6. The van der Waals surface area contributed by atoms with Crippen molar-refractivity contribution in [1.82, 2.24) is 9.78 Å². The van der Waals surface area contributed by atoms with Crippen molar-refractivity contribution >= 4 is 27.9 Å². The number of carbonyl (C=O) groups is 1. The fourth-order valence-electron chi connectivity index (χ4n) is 1.32. The smallest absolute Gasteiger partial charge is 0.269 e. The van der Waals surface area contributed by atoms with Crippen LogP contribution in [-0.4, -0.2) is 21.0 Å². The summed E-state index contributed by atoms with van der Waals surface area (Å²) in [5.74, 6) is 0. The van der Waals surface area contributed by atoms with Gasteiger partial charge in [0.15, 0.2) is 6.29 Å². The molecule has 0 saturated carbocycles. The van der Waals surface area contributed by atoms with Crippen LogP contribution in [0.15, 0.2) is 35.1 Å². The Bertz CT molecular complexity index is 577. The summed E-state index contributed by atoms with van der Waals surface area (Å²) >= 11 is 3.23. The molecule has 1 aromatic heterocycles. The normalized spacial score (nSPS) is 10.2. The number of benzene rings is 1.